The van der Waals surface area contributed by atoms with Gasteiger partial charge in [0, 0.05) is 19.4 Å². The van der Waals surface area contributed by atoms with E-state index in [2.05, 4.69) is 50.7 Å². The van der Waals surface area contributed by atoms with Crippen LogP contribution in [0.5, 0.6) is 0 Å². The van der Waals surface area contributed by atoms with Crippen LogP contribution >= 0.6 is 11.8 Å². The van der Waals surface area contributed by atoms with E-state index in [-0.39, 0.29) is 38.2 Å². The summed E-state index contributed by atoms with van der Waals surface area (Å²) in [5.41, 5.74) is 10.8. The summed E-state index contributed by atoms with van der Waals surface area (Å²) < 4.78 is 0. The van der Waals surface area contributed by atoms with Crippen molar-refractivity contribution in [3.8, 4) is 0 Å². The SMILES string of the molecule is CCCC.CSCCC1NC(=O)[C@H](CCCN=C(N)N)NC(=O)C(CCC(=O)O)NC(=O)[C@H]([C@@H](C)O)NC(=O)C(C)NC(=O)CCCCCNC(C)C(=O)C1=O. The fourth-order valence-corrected chi connectivity index (χ4v) is 5.54. The van der Waals surface area contributed by atoms with Gasteiger partial charge in [-0.3, -0.25) is 43.3 Å². The minimum absolute atomic E-state index is 0.0618. The lowest BCUT2D eigenvalue weighted by Gasteiger charge is -2.27. The number of rotatable bonds is 12. The number of carbonyl (C=O) groups is 8. The summed E-state index contributed by atoms with van der Waals surface area (Å²) in [6.45, 7) is 8.90. The molecule has 1 fully saturated rings. The van der Waals surface area contributed by atoms with E-state index >= 15 is 0 Å². The van der Waals surface area contributed by atoms with Crippen molar-refractivity contribution in [2.75, 3.05) is 25.1 Å². The van der Waals surface area contributed by atoms with Crippen molar-refractivity contribution in [3.63, 3.8) is 0 Å². The van der Waals surface area contributed by atoms with Gasteiger partial charge in [0.2, 0.25) is 41.1 Å². The third-order valence-electron chi connectivity index (χ3n) is 8.60. The van der Waals surface area contributed by atoms with Crippen LogP contribution in [0, 0.1) is 0 Å². The Labute approximate surface area is 333 Å². The van der Waals surface area contributed by atoms with Crippen LogP contribution in [0.3, 0.4) is 0 Å². The minimum Gasteiger partial charge on any atom is -0.481 e. The number of thioether (sulfide) groups is 1. The van der Waals surface area contributed by atoms with Crippen molar-refractivity contribution in [2.45, 2.75) is 148 Å². The molecule has 0 aromatic carbocycles. The molecule has 0 aromatic heterocycles. The lowest BCUT2D eigenvalue weighted by atomic mass is 10.0. The standard InChI is InChI=1S/C32H55N9O10S.C4H10/c1-17-26(46)27(47)20(13-16-52-4)38-29(49)21(9-8-15-36-32(33)34)39-30(50)22(11-12-24(44)45)40-31(51)25(19(3)42)41-28(48)18(2)37-23(43)10-6-5-7-14-35-17;1-3-4-2/h17-22,25,35,42H,5-16H2,1-4H3,(H,37,43)(H,38,49)(H,39,50)(H,40,51)(H,41,48)(H,44,45)(H4,33,34,36);3-4H2,1-2H3/t17?,18?,19-,20?,21+,22?,25+;/m1./s1. The molecule has 1 saturated heterocycles. The number of hydrogen-bond acceptors (Lipinski definition) is 12. The Balaban J connectivity index is 0.00000718. The Morgan fingerprint density at radius 1 is 0.786 bits per heavy atom. The molecule has 1 aliphatic heterocycles. The Bertz CT molecular complexity index is 1330. The third-order valence-corrected chi connectivity index (χ3v) is 9.25. The molecule has 56 heavy (non-hydrogen) atoms. The van der Waals surface area contributed by atoms with Gasteiger partial charge in [0.05, 0.1) is 18.2 Å². The van der Waals surface area contributed by atoms with Crippen molar-refractivity contribution in [1.82, 2.24) is 31.9 Å². The molecular formula is C36H65N9O10S. The van der Waals surface area contributed by atoms with Gasteiger partial charge < -0.3 is 53.6 Å². The second kappa shape index (κ2) is 29.0. The molecule has 0 spiro atoms. The average molecular weight is 816 g/mol. The maximum Gasteiger partial charge on any atom is 0.303 e. The average Bonchev–Trinajstić information content (AvgIpc) is 3.14. The molecule has 0 aliphatic carbocycles. The zero-order valence-corrected chi connectivity index (χ0v) is 34.4. The first-order chi connectivity index (χ1) is 26.4. The van der Waals surface area contributed by atoms with Gasteiger partial charge in [-0.2, -0.15) is 11.8 Å². The van der Waals surface area contributed by atoms with Crippen molar-refractivity contribution >= 4 is 64.8 Å². The zero-order chi connectivity index (χ0) is 42.8. The third kappa shape index (κ3) is 21.7. The highest BCUT2D eigenvalue weighted by atomic mass is 32.2. The van der Waals surface area contributed by atoms with Crippen molar-refractivity contribution in [2.24, 2.45) is 16.5 Å². The van der Waals surface area contributed by atoms with Crippen LogP contribution in [0.25, 0.3) is 0 Å². The second-order valence-corrected chi connectivity index (χ2v) is 14.6. The number of amides is 5. The molecule has 7 atom stereocenters. The van der Waals surface area contributed by atoms with Gasteiger partial charge in [-0.25, -0.2) is 0 Å². The van der Waals surface area contributed by atoms with Crippen LogP contribution in [0.15, 0.2) is 4.99 Å². The van der Waals surface area contributed by atoms with E-state index in [9.17, 15) is 48.6 Å². The summed E-state index contributed by atoms with van der Waals surface area (Å²) in [6, 6.07) is -7.77. The first-order valence-electron chi connectivity index (χ1n) is 19.2. The van der Waals surface area contributed by atoms with Crippen molar-refractivity contribution in [3.05, 3.63) is 0 Å². The fraction of sp³-hybridized carbons (Fsp3) is 0.750. The number of carboxylic acids is 1. The highest BCUT2D eigenvalue weighted by Crippen LogP contribution is 2.09. The first-order valence-corrected chi connectivity index (χ1v) is 20.6. The number of aliphatic imine (C=N–C) groups is 1. The van der Waals surface area contributed by atoms with E-state index < -0.39 is 102 Å². The minimum atomic E-state index is -1.62. The molecule has 1 aliphatic rings. The summed E-state index contributed by atoms with van der Waals surface area (Å²) in [6.07, 6.45) is 3.79. The number of aliphatic hydroxyl groups is 1. The number of nitrogens with zero attached hydrogens (tertiary/aromatic N) is 1. The van der Waals surface area contributed by atoms with E-state index in [4.69, 9.17) is 11.5 Å². The fourth-order valence-electron chi connectivity index (χ4n) is 5.07. The molecule has 5 amide bonds. The van der Waals surface area contributed by atoms with Gasteiger partial charge in [0.25, 0.3) is 0 Å². The molecule has 0 radical (unpaired) electrons. The molecule has 1 heterocycles. The maximum atomic E-state index is 13.7. The van der Waals surface area contributed by atoms with Crippen LogP contribution < -0.4 is 43.4 Å². The molecule has 320 valence electrons. The largest absolute Gasteiger partial charge is 0.481 e. The number of nitrogens with one attached hydrogen (secondary N) is 6. The maximum absolute atomic E-state index is 13.7. The Kier molecular flexibility index (Phi) is 26.8. The van der Waals surface area contributed by atoms with Gasteiger partial charge >= 0.3 is 5.97 Å². The number of nitrogens with two attached hydrogens (primary N) is 2. The lowest BCUT2D eigenvalue weighted by Crippen LogP contribution is -2.60. The number of guanidine groups is 1. The number of ketones is 2. The van der Waals surface area contributed by atoms with Crippen LogP contribution in [0.4, 0.5) is 0 Å². The van der Waals surface area contributed by atoms with Crippen LogP contribution in [0.1, 0.15) is 105 Å². The zero-order valence-electron chi connectivity index (χ0n) is 33.6. The van der Waals surface area contributed by atoms with Gasteiger partial charge in [-0.15, -0.1) is 0 Å². The highest BCUT2D eigenvalue weighted by Gasteiger charge is 2.35. The van der Waals surface area contributed by atoms with Crippen LogP contribution in [0.2, 0.25) is 0 Å². The summed E-state index contributed by atoms with van der Waals surface area (Å²) >= 11 is 1.39. The first kappa shape index (κ1) is 51.7. The molecule has 1 rings (SSSR count). The van der Waals surface area contributed by atoms with Gasteiger partial charge in [-0.05, 0) is 77.8 Å². The Hall–Kier alpha value is -4.30. The van der Waals surface area contributed by atoms with Crippen molar-refractivity contribution < 1.29 is 48.6 Å². The van der Waals surface area contributed by atoms with Crippen LogP contribution in [-0.2, 0) is 38.4 Å². The molecule has 4 unspecified atom stereocenters. The van der Waals surface area contributed by atoms with E-state index in [0.717, 1.165) is 0 Å². The number of carboxylic acid groups (broad SMARTS) is 1. The summed E-state index contributed by atoms with van der Waals surface area (Å²) in [5, 5.41) is 35.0. The molecule has 0 saturated carbocycles. The highest BCUT2D eigenvalue weighted by molar-refractivity contribution is 7.98. The van der Waals surface area contributed by atoms with E-state index in [1.54, 1.807) is 6.26 Å². The number of aliphatic hydroxyl groups excluding tert-OH is 1. The van der Waals surface area contributed by atoms with Crippen LogP contribution in [-0.4, -0.2) is 131 Å². The normalized spacial score (nSPS) is 24.7. The molecular weight excluding hydrogens is 751 g/mol. The number of Topliss-reactive ketones (excluding diaryl/α,β-unsaturated/α-hetero) is 2. The van der Waals surface area contributed by atoms with E-state index in [1.807, 2.05) is 0 Å². The van der Waals surface area contributed by atoms with Gasteiger partial charge in [-0.1, -0.05) is 33.1 Å². The quantitative estimate of drug-likeness (QED) is 0.0488. The molecule has 0 aromatic rings. The molecule has 0 bridgehead atoms. The smallest absolute Gasteiger partial charge is 0.303 e. The van der Waals surface area contributed by atoms with Gasteiger partial charge in [0.15, 0.2) is 5.96 Å². The second-order valence-electron chi connectivity index (χ2n) is 13.6. The molecule has 19 nitrogen and oxygen atoms in total. The summed E-state index contributed by atoms with van der Waals surface area (Å²) in [5.74, 6) is -6.79. The van der Waals surface area contributed by atoms with E-state index in [0.29, 0.717) is 31.6 Å². The predicted octanol–water partition coefficient (Wildman–Crippen LogP) is -1.02. The predicted molar refractivity (Wildman–Crippen MR) is 213 cm³/mol. The summed E-state index contributed by atoms with van der Waals surface area (Å²) in [7, 11) is 0. The lowest BCUT2D eigenvalue weighted by molar-refractivity contribution is -0.140. The molecule has 12 N–H and O–H groups in total. The number of unbranched alkanes of at least 4 members (excludes halogenated alkanes) is 1. The summed E-state index contributed by atoms with van der Waals surface area (Å²) in [4.78, 5) is 108. The van der Waals surface area contributed by atoms with Gasteiger partial charge in [0.1, 0.15) is 24.2 Å². The number of aliphatic carboxylic acids is 1. The van der Waals surface area contributed by atoms with Crippen molar-refractivity contribution in [1.29, 1.82) is 0 Å². The molecule has 20 heteroatoms. The number of hydrogen-bond donors (Lipinski definition) is 10. The number of carbonyl (C=O) groups excluding carboxylic acids is 7. The Morgan fingerprint density at radius 3 is 1.93 bits per heavy atom. The monoisotopic (exact) mass is 815 g/mol. The Morgan fingerprint density at radius 2 is 1.38 bits per heavy atom. The topological polar surface area (TPSA) is 314 Å². The van der Waals surface area contributed by atoms with E-state index in [1.165, 1.54) is 45.4 Å².